The Hall–Kier alpha value is -1.26. The Morgan fingerprint density at radius 1 is 1.37 bits per heavy atom. The molecule has 1 aromatic heterocycles. The van der Waals surface area contributed by atoms with Crippen LogP contribution in [0.4, 0.5) is 0 Å². The molecule has 0 saturated heterocycles. The van der Waals surface area contributed by atoms with Crippen LogP contribution in [-0.2, 0) is 0 Å². The van der Waals surface area contributed by atoms with E-state index in [9.17, 15) is 9.90 Å². The molecule has 3 nitrogen and oxygen atoms in total. The minimum Gasteiger partial charge on any atom is -0.449 e. The van der Waals surface area contributed by atoms with Gasteiger partial charge in [-0.05, 0) is 44.2 Å². The van der Waals surface area contributed by atoms with Gasteiger partial charge in [0, 0.05) is 11.1 Å². The molecule has 1 aromatic carbocycles. The zero-order chi connectivity index (χ0) is 14.2. The van der Waals surface area contributed by atoms with E-state index in [-0.39, 0.29) is 5.43 Å². The summed E-state index contributed by atoms with van der Waals surface area (Å²) < 4.78 is 5.86. The van der Waals surface area contributed by atoms with E-state index in [4.69, 9.17) is 4.42 Å². The average Bonchev–Trinajstić information content (AvgIpc) is 2.36. The van der Waals surface area contributed by atoms with Crippen molar-refractivity contribution in [3.8, 4) is 0 Å². The van der Waals surface area contributed by atoms with Crippen molar-refractivity contribution in [2.45, 2.75) is 38.9 Å². The molecule has 2 aromatic rings. The van der Waals surface area contributed by atoms with Crippen LogP contribution in [0.2, 0.25) is 0 Å². The van der Waals surface area contributed by atoms with Crippen LogP contribution < -0.4 is 5.43 Å². The molecule has 0 saturated carbocycles. The number of hydrogen-bond donors (Lipinski definition) is 1. The molecule has 1 heterocycles. The molecule has 0 fully saturated rings. The van der Waals surface area contributed by atoms with Gasteiger partial charge in [-0.1, -0.05) is 18.7 Å². The molecule has 102 valence electrons. The van der Waals surface area contributed by atoms with E-state index < -0.39 is 6.10 Å². The van der Waals surface area contributed by atoms with Crippen LogP contribution in [0, 0.1) is 13.8 Å². The first-order valence-corrected chi connectivity index (χ1v) is 7.33. The van der Waals surface area contributed by atoms with E-state index in [0.29, 0.717) is 27.2 Å². The van der Waals surface area contributed by atoms with Gasteiger partial charge in [0.05, 0.1) is 11.5 Å². The molecule has 0 aliphatic carbocycles. The van der Waals surface area contributed by atoms with Crippen LogP contribution in [0.25, 0.3) is 11.0 Å². The maximum Gasteiger partial charge on any atom is 0.196 e. The minimum absolute atomic E-state index is 0.0113. The number of fused-ring (bicyclic) bond motifs is 1. The fraction of sp³-hybridized carbons (Fsp3) is 0.400. The van der Waals surface area contributed by atoms with Crippen LogP contribution in [0.3, 0.4) is 0 Å². The quantitative estimate of drug-likeness (QED) is 0.872. The van der Waals surface area contributed by atoms with Crippen LogP contribution in [-0.4, -0.2) is 10.9 Å². The number of rotatable bonds is 3. The van der Waals surface area contributed by atoms with Gasteiger partial charge in [-0.3, -0.25) is 4.79 Å². The first-order chi connectivity index (χ1) is 8.95. The molecule has 1 unspecified atom stereocenters. The number of aliphatic hydroxyl groups excluding tert-OH is 1. The average molecular weight is 278 g/mol. The third kappa shape index (κ3) is 2.55. The largest absolute Gasteiger partial charge is 0.449 e. The lowest BCUT2D eigenvalue weighted by molar-refractivity contribution is 0.199. The van der Waals surface area contributed by atoms with E-state index in [1.165, 1.54) is 11.8 Å². The highest BCUT2D eigenvalue weighted by Crippen LogP contribution is 2.29. The predicted octanol–water partition coefficient (Wildman–Crippen LogP) is 3.58. The molecule has 0 aliphatic rings. The zero-order valence-electron chi connectivity index (χ0n) is 11.6. The molecule has 0 radical (unpaired) electrons. The van der Waals surface area contributed by atoms with E-state index >= 15 is 0 Å². The number of thioether (sulfide) groups is 1. The Labute approximate surface area is 116 Å². The second kappa shape index (κ2) is 5.39. The summed E-state index contributed by atoms with van der Waals surface area (Å²) in [6.07, 6.45) is -0.660. The van der Waals surface area contributed by atoms with Crippen molar-refractivity contribution in [1.29, 1.82) is 0 Å². The Bertz CT molecular complexity index is 671. The summed E-state index contributed by atoms with van der Waals surface area (Å²) in [5.74, 6) is 0.838. The monoisotopic (exact) mass is 278 g/mol. The fourth-order valence-corrected chi connectivity index (χ4v) is 2.84. The van der Waals surface area contributed by atoms with Gasteiger partial charge >= 0.3 is 0 Å². The molecule has 2 rings (SSSR count). The van der Waals surface area contributed by atoms with Gasteiger partial charge in [0.1, 0.15) is 5.58 Å². The standard InChI is InChI=1S/C15H18O3S/c1-5-19-15-9(3)13(17)12-7-8(2)6-11(10(4)16)14(12)18-15/h6-7,10,16H,5H2,1-4H3. The van der Waals surface area contributed by atoms with Crippen molar-refractivity contribution in [1.82, 2.24) is 0 Å². The maximum atomic E-state index is 12.4. The molecule has 0 spiro atoms. The molecule has 4 heteroatoms. The van der Waals surface area contributed by atoms with Crippen LogP contribution >= 0.6 is 11.8 Å². The summed E-state index contributed by atoms with van der Waals surface area (Å²) >= 11 is 1.51. The topological polar surface area (TPSA) is 50.4 Å². The Morgan fingerprint density at radius 3 is 2.63 bits per heavy atom. The third-order valence-electron chi connectivity index (χ3n) is 3.07. The number of aryl methyl sites for hydroxylation is 1. The Balaban J connectivity index is 2.88. The van der Waals surface area contributed by atoms with Crippen molar-refractivity contribution in [3.05, 3.63) is 39.0 Å². The fourth-order valence-electron chi connectivity index (χ4n) is 2.13. The molecular weight excluding hydrogens is 260 g/mol. The molecular formula is C15H18O3S. The molecule has 0 aliphatic heterocycles. The lowest BCUT2D eigenvalue weighted by Crippen LogP contribution is -2.09. The number of aliphatic hydroxyl groups is 1. The Kier molecular flexibility index (Phi) is 4.02. The smallest absolute Gasteiger partial charge is 0.196 e. The summed E-state index contributed by atoms with van der Waals surface area (Å²) in [7, 11) is 0. The van der Waals surface area contributed by atoms with Crippen molar-refractivity contribution in [3.63, 3.8) is 0 Å². The molecule has 0 amide bonds. The van der Waals surface area contributed by atoms with Gasteiger partial charge in [-0.2, -0.15) is 0 Å². The number of benzene rings is 1. The van der Waals surface area contributed by atoms with Gasteiger partial charge in [0.2, 0.25) is 0 Å². The number of hydrogen-bond acceptors (Lipinski definition) is 4. The second-order valence-electron chi connectivity index (χ2n) is 4.68. The highest BCUT2D eigenvalue weighted by atomic mass is 32.2. The zero-order valence-corrected chi connectivity index (χ0v) is 12.4. The van der Waals surface area contributed by atoms with Gasteiger partial charge < -0.3 is 9.52 Å². The van der Waals surface area contributed by atoms with Crippen molar-refractivity contribution < 1.29 is 9.52 Å². The van der Waals surface area contributed by atoms with Crippen LogP contribution in [0.5, 0.6) is 0 Å². The van der Waals surface area contributed by atoms with Gasteiger partial charge in [-0.15, -0.1) is 0 Å². The predicted molar refractivity (Wildman–Crippen MR) is 79.0 cm³/mol. The summed E-state index contributed by atoms with van der Waals surface area (Å²) in [6, 6.07) is 3.69. The Morgan fingerprint density at radius 2 is 2.05 bits per heavy atom. The van der Waals surface area contributed by atoms with Crippen molar-refractivity contribution in [2.24, 2.45) is 0 Å². The van der Waals surface area contributed by atoms with Crippen molar-refractivity contribution >= 4 is 22.7 Å². The molecule has 1 N–H and O–H groups in total. The summed E-state index contributed by atoms with van der Waals surface area (Å²) in [6.45, 7) is 7.39. The first kappa shape index (κ1) is 14.2. The summed E-state index contributed by atoms with van der Waals surface area (Å²) in [4.78, 5) is 12.4. The highest BCUT2D eigenvalue weighted by Gasteiger charge is 2.16. The van der Waals surface area contributed by atoms with Crippen molar-refractivity contribution in [2.75, 3.05) is 5.75 Å². The molecule has 1 atom stereocenters. The lowest BCUT2D eigenvalue weighted by Gasteiger charge is -2.12. The normalized spacial score (nSPS) is 12.9. The van der Waals surface area contributed by atoms with E-state index in [0.717, 1.165) is 11.3 Å². The van der Waals surface area contributed by atoms with E-state index in [1.54, 1.807) is 13.8 Å². The molecule has 19 heavy (non-hydrogen) atoms. The van der Waals surface area contributed by atoms with Gasteiger partial charge in [0.15, 0.2) is 10.5 Å². The SMILES string of the molecule is CCSc1oc2c(C(C)O)cc(C)cc2c(=O)c1C. The lowest BCUT2D eigenvalue weighted by atomic mass is 10.0. The van der Waals surface area contributed by atoms with Crippen LogP contribution in [0.1, 0.15) is 36.6 Å². The van der Waals surface area contributed by atoms with Gasteiger partial charge in [-0.25, -0.2) is 0 Å². The highest BCUT2D eigenvalue weighted by molar-refractivity contribution is 7.99. The third-order valence-corrected chi connectivity index (χ3v) is 4.01. The summed E-state index contributed by atoms with van der Waals surface area (Å²) in [5, 5.41) is 11.1. The van der Waals surface area contributed by atoms with E-state index in [2.05, 4.69) is 0 Å². The van der Waals surface area contributed by atoms with Gasteiger partial charge in [0.25, 0.3) is 0 Å². The van der Waals surface area contributed by atoms with Crippen LogP contribution in [0.15, 0.2) is 26.4 Å². The minimum atomic E-state index is -0.660. The molecule has 0 bridgehead atoms. The first-order valence-electron chi connectivity index (χ1n) is 6.34. The summed E-state index contributed by atoms with van der Waals surface area (Å²) in [5.41, 5.74) is 2.76. The second-order valence-corrected chi connectivity index (χ2v) is 5.92. The van der Waals surface area contributed by atoms with E-state index in [1.807, 2.05) is 26.0 Å². The maximum absolute atomic E-state index is 12.4.